The molecule has 32 heavy (non-hydrogen) atoms. The number of alkyl halides is 2. The van der Waals surface area contributed by atoms with Crippen molar-refractivity contribution < 1.29 is 8.78 Å². The van der Waals surface area contributed by atoms with E-state index in [0.717, 1.165) is 28.7 Å². The third-order valence-corrected chi connectivity index (χ3v) is 5.10. The number of nitrogens with one attached hydrogen (secondary N) is 1. The molecule has 0 unspecified atom stereocenters. The van der Waals surface area contributed by atoms with E-state index in [1.54, 1.807) is 6.08 Å². The first-order valence-corrected chi connectivity index (χ1v) is 10.4. The van der Waals surface area contributed by atoms with Gasteiger partial charge in [0.2, 0.25) is 5.82 Å². The number of tetrazole rings is 1. The van der Waals surface area contributed by atoms with Crippen molar-refractivity contribution in [1.82, 2.24) is 35.4 Å². The Morgan fingerprint density at radius 2 is 1.78 bits per heavy atom. The summed E-state index contributed by atoms with van der Waals surface area (Å²) in [5.41, 5.74) is 3.79. The van der Waals surface area contributed by atoms with E-state index < -0.39 is 11.7 Å². The normalized spacial score (nSPS) is 12.0. The van der Waals surface area contributed by atoms with Crippen LogP contribution in [0.15, 0.2) is 54.6 Å². The Bertz CT molecular complexity index is 1200. The van der Waals surface area contributed by atoms with Gasteiger partial charge in [-0.2, -0.15) is 8.78 Å². The Hall–Kier alpha value is -3.75. The van der Waals surface area contributed by atoms with E-state index in [1.165, 1.54) is 11.6 Å². The van der Waals surface area contributed by atoms with E-state index in [4.69, 9.17) is 0 Å². The molecule has 2 aromatic heterocycles. The minimum Gasteiger partial charge on any atom is -0.241 e. The molecule has 0 saturated heterocycles. The first kappa shape index (κ1) is 21.5. The Morgan fingerprint density at radius 3 is 2.44 bits per heavy atom. The van der Waals surface area contributed by atoms with Crippen LogP contribution in [0.1, 0.15) is 43.9 Å². The highest BCUT2D eigenvalue weighted by Crippen LogP contribution is 2.31. The van der Waals surface area contributed by atoms with Crippen LogP contribution < -0.4 is 0 Å². The highest BCUT2D eigenvalue weighted by molar-refractivity contribution is 5.80. The molecule has 0 aliphatic rings. The quantitative estimate of drug-likeness (QED) is 0.416. The van der Waals surface area contributed by atoms with Gasteiger partial charge in [0.05, 0.1) is 6.54 Å². The van der Waals surface area contributed by atoms with Gasteiger partial charge >= 0.3 is 5.92 Å². The molecular formula is C23H23F2N7. The minimum absolute atomic E-state index is 0.337. The zero-order valence-corrected chi connectivity index (χ0v) is 17.8. The summed E-state index contributed by atoms with van der Waals surface area (Å²) in [5.74, 6) is -2.49. The zero-order valence-electron chi connectivity index (χ0n) is 17.8. The molecule has 0 amide bonds. The van der Waals surface area contributed by atoms with Gasteiger partial charge < -0.3 is 0 Å². The smallest absolute Gasteiger partial charge is 0.241 e. The van der Waals surface area contributed by atoms with Crippen LogP contribution in [0.5, 0.6) is 0 Å². The molecule has 0 aliphatic heterocycles. The molecular weight excluding hydrogens is 412 g/mol. The lowest BCUT2D eigenvalue weighted by Crippen LogP contribution is -2.14. The van der Waals surface area contributed by atoms with Crippen LogP contribution in [0, 0.1) is 0 Å². The number of benzene rings is 2. The molecule has 7 nitrogen and oxygen atoms in total. The SMILES string of the molecule is CC/C=C/c1nc(C(F)(F)CC)nn1Cc1ccc(-c2ccccc2-c2nnn[nH]2)cc1. The monoisotopic (exact) mass is 435 g/mol. The van der Waals surface area contributed by atoms with E-state index in [-0.39, 0.29) is 6.42 Å². The molecule has 0 atom stereocenters. The van der Waals surface area contributed by atoms with Gasteiger partial charge in [-0.1, -0.05) is 68.5 Å². The number of H-pyrrole nitrogens is 1. The second kappa shape index (κ2) is 9.17. The van der Waals surface area contributed by atoms with Crippen LogP contribution in [0.3, 0.4) is 0 Å². The number of halogens is 2. The first-order valence-electron chi connectivity index (χ1n) is 10.4. The predicted octanol–water partition coefficient (Wildman–Crippen LogP) is 5.10. The largest absolute Gasteiger partial charge is 0.308 e. The van der Waals surface area contributed by atoms with Gasteiger partial charge in [-0.15, -0.1) is 10.2 Å². The van der Waals surface area contributed by atoms with Crippen molar-refractivity contribution in [3.63, 3.8) is 0 Å². The predicted molar refractivity (Wildman–Crippen MR) is 118 cm³/mol. The summed E-state index contributed by atoms with van der Waals surface area (Å²) in [7, 11) is 0. The van der Waals surface area contributed by atoms with Crippen molar-refractivity contribution in [1.29, 1.82) is 0 Å². The van der Waals surface area contributed by atoms with Gasteiger partial charge in [-0.25, -0.2) is 14.8 Å². The van der Waals surface area contributed by atoms with Crippen molar-refractivity contribution in [3.8, 4) is 22.5 Å². The molecule has 0 radical (unpaired) electrons. The maximum absolute atomic E-state index is 14.2. The molecule has 2 aromatic carbocycles. The third kappa shape index (κ3) is 4.46. The Morgan fingerprint density at radius 1 is 1.03 bits per heavy atom. The minimum atomic E-state index is -3.05. The second-order valence-corrected chi connectivity index (χ2v) is 7.31. The van der Waals surface area contributed by atoms with E-state index >= 15 is 0 Å². The zero-order chi connectivity index (χ0) is 22.6. The summed E-state index contributed by atoms with van der Waals surface area (Å²) in [4.78, 5) is 4.08. The van der Waals surface area contributed by atoms with E-state index in [0.29, 0.717) is 18.2 Å². The van der Waals surface area contributed by atoms with Crippen LogP contribution in [0.2, 0.25) is 0 Å². The number of rotatable bonds is 8. The maximum atomic E-state index is 14.2. The first-order chi connectivity index (χ1) is 15.5. The van der Waals surface area contributed by atoms with Gasteiger partial charge in [-0.3, -0.25) is 0 Å². The van der Waals surface area contributed by atoms with E-state index in [9.17, 15) is 8.78 Å². The summed E-state index contributed by atoms with van der Waals surface area (Å²) in [6.45, 7) is 3.74. The standard InChI is InChI=1S/C23H23F2N7/c1-3-5-10-20-26-22(23(24,25)4-2)29-32(20)15-16-11-13-17(14-12-16)18-8-6-7-9-19(18)21-27-30-31-28-21/h5-14H,3-4,15H2,1-2H3,(H,27,28,30,31)/b10-5+. The average molecular weight is 435 g/mol. The summed E-state index contributed by atoms with van der Waals surface area (Å²) in [6, 6.07) is 15.7. The number of hydrogen-bond donors (Lipinski definition) is 1. The third-order valence-electron chi connectivity index (χ3n) is 5.10. The molecule has 4 rings (SSSR count). The molecule has 164 valence electrons. The fourth-order valence-corrected chi connectivity index (χ4v) is 3.31. The molecule has 0 fully saturated rings. The van der Waals surface area contributed by atoms with E-state index in [1.807, 2.05) is 61.5 Å². The molecule has 0 saturated carbocycles. The number of hydrogen-bond acceptors (Lipinski definition) is 5. The summed E-state index contributed by atoms with van der Waals surface area (Å²) < 4.78 is 29.8. The Labute approximate surface area is 184 Å². The number of aromatic amines is 1. The molecule has 0 aliphatic carbocycles. The lowest BCUT2D eigenvalue weighted by molar-refractivity contribution is -0.0176. The number of aromatic nitrogens is 7. The fraction of sp³-hybridized carbons (Fsp3) is 0.261. The molecule has 0 bridgehead atoms. The van der Waals surface area contributed by atoms with Gasteiger partial charge in [0.15, 0.2) is 11.6 Å². The van der Waals surface area contributed by atoms with E-state index in [2.05, 4.69) is 30.7 Å². The van der Waals surface area contributed by atoms with Crippen molar-refractivity contribution in [2.24, 2.45) is 0 Å². The van der Waals surface area contributed by atoms with Crippen LogP contribution in [0.4, 0.5) is 8.78 Å². The summed E-state index contributed by atoms with van der Waals surface area (Å²) >= 11 is 0. The Kier molecular flexibility index (Phi) is 6.16. The van der Waals surface area contributed by atoms with Crippen molar-refractivity contribution in [2.45, 2.75) is 39.2 Å². The lowest BCUT2D eigenvalue weighted by atomic mass is 9.98. The highest BCUT2D eigenvalue weighted by Gasteiger charge is 2.34. The van der Waals surface area contributed by atoms with Gasteiger partial charge in [-0.05, 0) is 39.6 Å². The average Bonchev–Trinajstić information content (AvgIpc) is 3.49. The van der Waals surface area contributed by atoms with Crippen LogP contribution >= 0.6 is 0 Å². The van der Waals surface area contributed by atoms with Crippen molar-refractivity contribution in [2.75, 3.05) is 0 Å². The van der Waals surface area contributed by atoms with Gasteiger partial charge in [0.1, 0.15) is 0 Å². The highest BCUT2D eigenvalue weighted by atomic mass is 19.3. The fourth-order valence-electron chi connectivity index (χ4n) is 3.31. The molecule has 4 aromatic rings. The van der Waals surface area contributed by atoms with Crippen molar-refractivity contribution in [3.05, 3.63) is 71.8 Å². The second-order valence-electron chi connectivity index (χ2n) is 7.31. The molecule has 1 N–H and O–H groups in total. The lowest BCUT2D eigenvalue weighted by Gasteiger charge is -2.09. The maximum Gasteiger partial charge on any atom is 0.308 e. The number of allylic oxidation sites excluding steroid dienone is 1. The van der Waals surface area contributed by atoms with Crippen LogP contribution in [0.25, 0.3) is 28.6 Å². The summed E-state index contributed by atoms with van der Waals surface area (Å²) in [5, 5.41) is 18.2. The van der Waals surface area contributed by atoms with Crippen LogP contribution in [-0.2, 0) is 12.5 Å². The van der Waals surface area contributed by atoms with Gasteiger partial charge in [0, 0.05) is 12.0 Å². The van der Waals surface area contributed by atoms with Crippen molar-refractivity contribution >= 4 is 6.08 Å². The molecule has 2 heterocycles. The number of nitrogens with zero attached hydrogens (tertiary/aromatic N) is 6. The van der Waals surface area contributed by atoms with Crippen LogP contribution in [-0.4, -0.2) is 35.4 Å². The molecule has 0 spiro atoms. The Balaban J connectivity index is 1.62. The topological polar surface area (TPSA) is 85.2 Å². The molecule has 9 heteroatoms. The van der Waals surface area contributed by atoms with Gasteiger partial charge in [0.25, 0.3) is 0 Å². The summed E-state index contributed by atoms with van der Waals surface area (Å²) in [6.07, 6.45) is 4.05.